The highest BCUT2D eigenvalue weighted by molar-refractivity contribution is 5.96. The molecule has 12 nitrogen and oxygen atoms in total. The van der Waals surface area contributed by atoms with Crippen molar-refractivity contribution in [1.82, 2.24) is 9.80 Å². The Labute approximate surface area is 233 Å². The largest absolute Gasteiger partial charge is 0.468 e. The molecule has 1 aliphatic rings. The van der Waals surface area contributed by atoms with Crippen LogP contribution in [0.15, 0.2) is 45.6 Å². The van der Waals surface area contributed by atoms with Gasteiger partial charge in [-0.1, -0.05) is 0 Å². The number of piperazine rings is 1. The number of ether oxygens (including phenoxy) is 4. The summed E-state index contributed by atoms with van der Waals surface area (Å²) in [6, 6.07) is 5.19. The summed E-state index contributed by atoms with van der Waals surface area (Å²) in [5.74, 6) is -4.54. The van der Waals surface area contributed by atoms with Gasteiger partial charge in [0.2, 0.25) is 0 Å². The number of esters is 4. The first kappa shape index (κ1) is 30.9. The summed E-state index contributed by atoms with van der Waals surface area (Å²) in [5.41, 5.74) is 0. The van der Waals surface area contributed by atoms with E-state index in [0.717, 1.165) is 0 Å². The van der Waals surface area contributed by atoms with Crippen LogP contribution in [0.25, 0.3) is 0 Å². The molecule has 40 heavy (non-hydrogen) atoms. The number of carbonyl (C=O) groups is 4. The third kappa shape index (κ3) is 7.30. The molecule has 2 aromatic heterocycles. The van der Waals surface area contributed by atoms with Crippen molar-refractivity contribution in [1.29, 1.82) is 0 Å². The predicted molar refractivity (Wildman–Crippen MR) is 140 cm³/mol. The van der Waals surface area contributed by atoms with E-state index >= 15 is 0 Å². The summed E-state index contributed by atoms with van der Waals surface area (Å²) in [5, 5.41) is 0. The Morgan fingerprint density at radius 2 is 0.925 bits per heavy atom. The Morgan fingerprint density at radius 3 is 1.15 bits per heavy atom. The second kappa shape index (κ2) is 15.2. The zero-order chi connectivity index (χ0) is 29.1. The molecule has 1 fully saturated rings. The lowest BCUT2D eigenvalue weighted by Crippen LogP contribution is -2.54. The maximum Gasteiger partial charge on any atom is 0.322 e. The molecular formula is C28H38N2O10. The van der Waals surface area contributed by atoms with Gasteiger partial charge in [-0.15, -0.1) is 0 Å². The lowest BCUT2D eigenvalue weighted by atomic mass is 9.93. The van der Waals surface area contributed by atoms with Crippen LogP contribution in [0.4, 0.5) is 0 Å². The molecule has 0 spiro atoms. The van der Waals surface area contributed by atoms with Crippen LogP contribution in [0, 0.1) is 11.8 Å². The van der Waals surface area contributed by atoms with Crippen LogP contribution < -0.4 is 0 Å². The molecule has 12 heteroatoms. The van der Waals surface area contributed by atoms with E-state index in [-0.39, 0.29) is 26.4 Å². The Bertz CT molecular complexity index is 955. The third-order valence-corrected chi connectivity index (χ3v) is 6.60. The highest BCUT2D eigenvalue weighted by atomic mass is 16.6. The average molecular weight is 563 g/mol. The van der Waals surface area contributed by atoms with Crippen molar-refractivity contribution in [2.45, 2.75) is 39.8 Å². The van der Waals surface area contributed by atoms with Gasteiger partial charge in [0.15, 0.2) is 11.8 Å². The Hall–Kier alpha value is -3.64. The molecule has 1 saturated heterocycles. The molecule has 220 valence electrons. The zero-order valence-corrected chi connectivity index (χ0v) is 23.4. The first-order valence-electron chi connectivity index (χ1n) is 13.6. The monoisotopic (exact) mass is 562 g/mol. The lowest BCUT2D eigenvalue weighted by molar-refractivity contribution is -0.170. The van der Waals surface area contributed by atoms with Gasteiger partial charge < -0.3 is 27.8 Å². The standard InChI is InChI=1S/C28H38N2O10/c1-5-35-25(31)21(26(32)36-6-2)23(19-11-9-17-39-19)29-13-15-30(16-14-29)24(20-12-10-18-40-20)22(27(33)37-7-3)28(34)38-8-4/h9-12,17-18,21-24H,5-8,13-16H2,1-4H3. The fourth-order valence-corrected chi connectivity index (χ4v) is 4.96. The van der Waals surface area contributed by atoms with Gasteiger partial charge in [-0.05, 0) is 52.0 Å². The first-order valence-corrected chi connectivity index (χ1v) is 13.6. The molecule has 1 aliphatic heterocycles. The van der Waals surface area contributed by atoms with Gasteiger partial charge in [0, 0.05) is 26.2 Å². The number of nitrogens with zero attached hydrogens (tertiary/aromatic N) is 2. The van der Waals surface area contributed by atoms with E-state index < -0.39 is 47.8 Å². The van der Waals surface area contributed by atoms with Crippen LogP contribution in [0.3, 0.4) is 0 Å². The molecule has 2 atom stereocenters. The van der Waals surface area contributed by atoms with E-state index in [1.54, 1.807) is 52.0 Å². The van der Waals surface area contributed by atoms with Crippen molar-refractivity contribution in [2.75, 3.05) is 52.6 Å². The maximum atomic E-state index is 13.0. The lowest BCUT2D eigenvalue weighted by Gasteiger charge is -2.43. The molecule has 0 aliphatic carbocycles. The maximum absolute atomic E-state index is 13.0. The van der Waals surface area contributed by atoms with E-state index in [0.29, 0.717) is 37.7 Å². The van der Waals surface area contributed by atoms with Crippen LogP contribution in [0.2, 0.25) is 0 Å². The first-order chi connectivity index (χ1) is 19.4. The van der Waals surface area contributed by atoms with E-state index in [4.69, 9.17) is 27.8 Å². The van der Waals surface area contributed by atoms with Gasteiger partial charge in [0.25, 0.3) is 0 Å². The van der Waals surface area contributed by atoms with Gasteiger partial charge in [-0.3, -0.25) is 29.0 Å². The minimum absolute atomic E-state index is 0.0985. The van der Waals surface area contributed by atoms with Gasteiger partial charge in [0.1, 0.15) is 11.5 Å². The average Bonchev–Trinajstić information content (AvgIpc) is 3.66. The third-order valence-electron chi connectivity index (χ3n) is 6.60. The molecular weight excluding hydrogens is 524 g/mol. The van der Waals surface area contributed by atoms with Gasteiger partial charge in [0.05, 0.1) is 51.0 Å². The SMILES string of the molecule is CCOC(=O)C(C(=O)OCC)C(c1ccco1)N1CCN(C(c2ccco2)C(C(=O)OCC)C(=O)OCC)CC1. The number of furan rings is 2. The molecule has 0 N–H and O–H groups in total. The Balaban J connectivity index is 1.92. The molecule has 0 aromatic carbocycles. The number of hydrogen-bond donors (Lipinski definition) is 0. The summed E-state index contributed by atoms with van der Waals surface area (Å²) in [6.45, 7) is 8.49. The van der Waals surface area contributed by atoms with Crippen LogP contribution in [-0.4, -0.2) is 86.3 Å². The molecule has 0 radical (unpaired) electrons. The molecule has 0 amide bonds. The van der Waals surface area contributed by atoms with Crippen molar-refractivity contribution in [3.8, 4) is 0 Å². The van der Waals surface area contributed by atoms with Crippen molar-refractivity contribution < 1.29 is 47.0 Å². The van der Waals surface area contributed by atoms with Crippen LogP contribution in [-0.2, 0) is 38.1 Å². The van der Waals surface area contributed by atoms with Crippen LogP contribution in [0.5, 0.6) is 0 Å². The van der Waals surface area contributed by atoms with Crippen molar-refractivity contribution >= 4 is 23.9 Å². The fourth-order valence-electron chi connectivity index (χ4n) is 4.96. The minimum Gasteiger partial charge on any atom is -0.468 e. The molecule has 0 bridgehead atoms. The van der Waals surface area contributed by atoms with Crippen molar-refractivity contribution in [3.63, 3.8) is 0 Å². The molecule has 0 saturated carbocycles. The van der Waals surface area contributed by atoms with Crippen LogP contribution in [0.1, 0.15) is 51.3 Å². The number of carbonyl (C=O) groups excluding carboxylic acids is 4. The van der Waals surface area contributed by atoms with E-state index in [1.165, 1.54) is 12.5 Å². The second-order valence-electron chi connectivity index (χ2n) is 8.96. The van der Waals surface area contributed by atoms with Gasteiger partial charge in [-0.2, -0.15) is 0 Å². The van der Waals surface area contributed by atoms with E-state index in [9.17, 15) is 19.2 Å². The smallest absolute Gasteiger partial charge is 0.322 e. The highest BCUT2D eigenvalue weighted by Crippen LogP contribution is 2.36. The molecule has 2 unspecified atom stereocenters. The zero-order valence-electron chi connectivity index (χ0n) is 23.4. The molecule has 3 rings (SSSR count). The number of rotatable bonds is 14. The van der Waals surface area contributed by atoms with E-state index in [2.05, 4.69) is 0 Å². The summed E-state index contributed by atoms with van der Waals surface area (Å²) in [6.07, 6.45) is 2.95. The number of hydrogen-bond acceptors (Lipinski definition) is 12. The highest BCUT2D eigenvalue weighted by Gasteiger charge is 2.47. The summed E-state index contributed by atoms with van der Waals surface area (Å²) < 4.78 is 32.3. The van der Waals surface area contributed by atoms with Crippen LogP contribution >= 0.6 is 0 Å². The Morgan fingerprint density at radius 1 is 0.625 bits per heavy atom. The molecule has 2 aromatic rings. The van der Waals surface area contributed by atoms with E-state index in [1.807, 2.05) is 9.80 Å². The Kier molecular flexibility index (Phi) is 11.8. The fraction of sp³-hybridized carbons (Fsp3) is 0.571. The summed E-state index contributed by atoms with van der Waals surface area (Å²) >= 11 is 0. The summed E-state index contributed by atoms with van der Waals surface area (Å²) in [7, 11) is 0. The van der Waals surface area contributed by atoms with Gasteiger partial charge >= 0.3 is 23.9 Å². The quantitative estimate of drug-likeness (QED) is 0.190. The topological polar surface area (TPSA) is 138 Å². The normalized spacial score (nSPS) is 15.9. The summed E-state index contributed by atoms with van der Waals surface area (Å²) in [4.78, 5) is 55.9. The predicted octanol–water partition coefficient (Wildman–Crippen LogP) is 2.76. The molecule has 3 heterocycles. The second-order valence-corrected chi connectivity index (χ2v) is 8.96. The van der Waals surface area contributed by atoms with Crippen molar-refractivity contribution in [3.05, 3.63) is 48.3 Å². The van der Waals surface area contributed by atoms with Crippen molar-refractivity contribution in [2.24, 2.45) is 11.8 Å². The van der Waals surface area contributed by atoms with Gasteiger partial charge in [-0.25, -0.2) is 0 Å². The minimum atomic E-state index is -1.27.